The molecule has 0 aliphatic rings. The Balaban J connectivity index is 1.80. The van der Waals surface area contributed by atoms with E-state index in [1.807, 2.05) is 25.1 Å². The van der Waals surface area contributed by atoms with E-state index in [-0.39, 0.29) is 24.4 Å². The molecule has 2 N–H and O–H groups in total. The second kappa shape index (κ2) is 10.2. The average molecular weight is 370 g/mol. The Kier molecular flexibility index (Phi) is 7.67. The molecule has 2 rings (SSSR count). The third-order valence-corrected chi connectivity index (χ3v) is 4.14. The van der Waals surface area contributed by atoms with E-state index in [1.54, 1.807) is 18.2 Å². The van der Waals surface area contributed by atoms with Gasteiger partial charge in [-0.15, -0.1) is 0 Å². The first kappa shape index (κ1) is 20.3. The molecule has 6 heteroatoms. The Morgan fingerprint density at radius 2 is 1.63 bits per heavy atom. The van der Waals surface area contributed by atoms with Gasteiger partial charge in [0.1, 0.15) is 11.5 Å². The molecule has 2 aromatic carbocycles. The van der Waals surface area contributed by atoms with Crippen molar-refractivity contribution in [2.45, 2.75) is 25.8 Å². The maximum atomic E-state index is 12.3. The van der Waals surface area contributed by atoms with E-state index in [4.69, 9.17) is 9.47 Å². The minimum atomic E-state index is -0.362. The molecule has 0 aliphatic carbocycles. The number of amides is 2. The molecule has 0 aliphatic heterocycles. The van der Waals surface area contributed by atoms with Crippen LogP contribution in [-0.2, 0) is 11.2 Å². The summed E-state index contributed by atoms with van der Waals surface area (Å²) < 4.78 is 10.3. The van der Waals surface area contributed by atoms with Crippen molar-refractivity contribution in [1.82, 2.24) is 10.6 Å². The molecule has 0 spiro atoms. The summed E-state index contributed by atoms with van der Waals surface area (Å²) in [6.45, 7) is 1.86. The van der Waals surface area contributed by atoms with Gasteiger partial charge in [-0.25, -0.2) is 0 Å². The standard InChI is InChI=1S/C21H26N2O4/c1-15(9-10-16-7-5-4-6-8-16)23-20(24)14-22-21(25)17-11-18(26-2)13-19(12-17)27-3/h4-8,11-13,15H,9-10,14H2,1-3H3,(H,22,25)(H,23,24)/t15-/m1/s1. The minimum absolute atomic E-state index is 0.0199. The molecular formula is C21H26N2O4. The van der Waals surface area contributed by atoms with Crippen LogP contribution in [0, 0.1) is 0 Å². The summed E-state index contributed by atoms with van der Waals surface area (Å²) in [5, 5.41) is 5.52. The summed E-state index contributed by atoms with van der Waals surface area (Å²) in [5.41, 5.74) is 1.61. The van der Waals surface area contributed by atoms with Crippen molar-refractivity contribution in [3.63, 3.8) is 0 Å². The van der Waals surface area contributed by atoms with Gasteiger partial charge >= 0.3 is 0 Å². The molecule has 0 saturated heterocycles. The van der Waals surface area contributed by atoms with Gasteiger partial charge < -0.3 is 20.1 Å². The summed E-state index contributed by atoms with van der Waals surface area (Å²) >= 11 is 0. The van der Waals surface area contributed by atoms with Crippen LogP contribution in [0.1, 0.15) is 29.3 Å². The number of hydrogen-bond acceptors (Lipinski definition) is 4. The lowest BCUT2D eigenvalue weighted by atomic mass is 10.1. The molecule has 0 radical (unpaired) electrons. The number of aryl methyl sites for hydroxylation is 1. The molecule has 0 heterocycles. The fraction of sp³-hybridized carbons (Fsp3) is 0.333. The molecule has 1 atom stereocenters. The van der Waals surface area contributed by atoms with Gasteiger partial charge in [-0.2, -0.15) is 0 Å². The molecule has 6 nitrogen and oxygen atoms in total. The van der Waals surface area contributed by atoms with Crippen LogP contribution >= 0.6 is 0 Å². The lowest BCUT2D eigenvalue weighted by molar-refractivity contribution is -0.120. The fourth-order valence-corrected chi connectivity index (χ4v) is 2.63. The second-order valence-electron chi connectivity index (χ2n) is 6.28. The monoisotopic (exact) mass is 370 g/mol. The van der Waals surface area contributed by atoms with Crippen LogP contribution in [0.25, 0.3) is 0 Å². The largest absolute Gasteiger partial charge is 0.497 e. The number of hydrogen-bond donors (Lipinski definition) is 2. The summed E-state index contributed by atoms with van der Waals surface area (Å²) in [7, 11) is 3.03. The normalized spacial score (nSPS) is 11.4. The highest BCUT2D eigenvalue weighted by molar-refractivity contribution is 5.97. The van der Waals surface area contributed by atoms with Crippen molar-refractivity contribution in [3.8, 4) is 11.5 Å². The first-order valence-corrected chi connectivity index (χ1v) is 8.86. The zero-order chi connectivity index (χ0) is 19.6. The minimum Gasteiger partial charge on any atom is -0.497 e. The van der Waals surface area contributed by atoms with E-state index in [0.29, 0.717) is 17.1 Å². The highest BCUT2D eigenvalue weighted by Gasteiger charge is 2.12. The van der Waals surface area contributed by atoms with E-state index in [1.165, 1.54) is 19.8 Å². The Hall–Kier alpha value is -3.02. The SMILES string of the molecule is COc1cc(OC)cc(C(=O)NCC(=O)N[C@H](C)CCc2ccccc2)c1. The topological polar surface area (TPSA) is 76.7 Å². The predicted octanol–water partition coefficient (Wildman–Crippen LogP) is 2.57. The Morgan fingerprint density at radius 1 is 1.00 bits per heavy atom. The molecule has 0 saturated carbocycles. The lowest BCUT2D eigenvalue weighted by Crippen LogP contribution is -2.41. The van der Waals surface area contributed by atoms with Gasteiger partial charge in [0.15, 0.2) is 0 Å². The number of nitrogens with one attached hydrogen (secondary N) is 2. The van der Waals surface area contributed by atoms with Gasteiger partial charge in [-0.3, -0.25) is 9.59 Å². The van der Waals surface area contributed by atoms with Crippen molar-refractivity contribution in [2.75, 3.05) is 20.8 Å². The Morgan fingerprint density at radius 3 is 2.22 bits per heavy atom. The van der Waals surface area contributed by atoms with Crippen LogP contribution in [0.5, 0.6) is 11.5 Å². The third kappa shape index (κ3) is 6.66. The van der Waals surface area contributed by atoms with E-state index < -0.39 is 0 Å². The summed E-state index contributed by atoms with van der Waals surface area (Å²) in [6, 6.07) is 15.0. The summed E-state index contributed by atoms with van der Waals surface area (Å²) in [5.74, 6) is 0.440. The van der Waals surface area contributed by atoms with Gasteiger partial charge in [-0.05, 0) is 37.5 Å². The molecule has 0 aromatic heterocycles. The fourth-order valence-electron chi connectivity index (χ4n) is 2.63. The van der Waals surface area contributed by atoms with E-state index in [9.17, 15) is 9.59 Å². The quantitative estimate of drug-likeness (QED) is 0.711. The lowest BCUT2D eigenvalue weighted by Gasteiger charge is -2.14. The highest BCUT2D eigenvalue weighted by atomic mass is 16.5. The molecule has 144 valence electrons. The maximum Gasteiger partial charge on any atom is 0.251 e. The van der Waals surface area contributed by atoms with Crippen LogP contribution in [0.4, 0.5) is 0 Å². The number of carbonyl (C=O) groups excluding carboxylic acids is 2. The number of methoxy groups -OCH3 is 2. The van der Waals surface area contributed by atoms with Crippen LogP contribution in [0.3, 0.4) is 0 Å². The molecular weight excluding hydrogens is 344 g/mol. The van der Waals surface area contributed by atoms with Crippen molar-refractivity contribution in [3.05, 3.63) is 59.7 Å². The van der Waals surface area contributed by atoms with E-state index >= 15 is 0 Å². The van der Waals surface area contributed by atoms with Crippen LogP contribution in [-0.4, -0.2) is 38.6 Å². The van der Waals surface area contributed by atoms with E-state index in [2.05, 4.69) is 22.8 Å². The number of ether oxygens (including phenoxy) is 2. The van der Waals surface area contributed by atoms with Gasteiger partial charge in [0, 0.05) is 17.7 Å². The zero-order valence-electron chi connectivity index (χ0n) is 16.0. The van der Waals surface area contributed by atoms with Crippen LogP contribution < -0.4 is 20.1 Å². The Labute approximate surface area is 159 Å². The maximum absolute atomic E-state index is 12.3. The van der Waals surface area contributed by atoms with E-state index in [0.717, 1.165) is 12.8 Å². The molecule has 2 aromatic rings. The average Bonchev–Trinajstić information content (AvgIpc) is 2.70. The first-order chi connectivity index (χ1) is 13.0. The van der Waals surface area contributed by atoms with Crippen molar-refractivity contribution < 1.29 is 19.1 Å². The van der Waals surface area contributed by atoms with Crippen molar-refractivity contribution in [2.24, 2.45) is 0 Å². The molecule has 0 unspecified atom stereocenters. The van der Waals surface area contributed by atoms with Crippen molar-refractivity contribution >= 4 is 11.8 Å². The highest BCUT2D eigenvalue weighted by Crippen LogP contribution is 2.22. The molecule has 27 heavy (non-hydrogen) atoms. The van der Waals surface area contributed by atoms with Crippen LogP contribution in [0.15, 0.2) is 48.5 Å². The van der Waals surface area contributed by atoms with Gasteiger partial charge in [0.25, 0.3) is 5.91 Å². The third-order valence-electron chi connectivity index (χ3n) is 4.14. The van der Waals surface area contributed by atoms with Gasteiger partial charge in [-0.1, -0.05) is 30.3 Å². The molecule has 0 fully saturated rings. The predicted molar refractivity (Wildman–Crippen MR) is 104 cm³/mol. The number of carbonyl (C=O) groups is 2. The first-order valence-electron chi connectivity index (χ1n) is 8.86. The smallest absolute Gasteiger partial charge is 0.251 e. The van der Waals surface area contributed by atoms with Crippen molar-refractivity contribution in [1.29, 1.82) is 0 Å². The Bertz CT molecular complexity index is 740. The molecule has 0 bridgehead atoms. The van der Waals surface area contributed by atoms with Gasteiger partial charge in [0.2, 0.25) is 5.91 Å². The van der Waals surface area contributed by atoms with Crippen LogP contribution in [0.2, 0.25) is 0 Å². The molecule has 2 amide bonds. The second-order valence-corrected chi connectivity index (χ2v) is 6.28. The summed E-state index contributed by atoms with van der Waals surface area (Å²) in [4.78, 5) is 24.4. The zero-order valence-corrected chi connectivity index (χ0v) is 16.0. The number of rotatable bonds is 9. The number of benzene rings is 2. The van der Waals surface area contributed by atoms with Gasteiger partial charge in [0.05, 0.1) is 20.8 Å². The summed E-state index contributed by atoms with van der Waals surface area (Å²) in [6.07, 6.45) is 1.72.